The molecule has 4 amide bonds. The van der Waals surface area contributed by atoms with Crippen molar-refractivity contribution >= 4 is 41.2 Å². The van der Waals surface area contributed by atoms with Crippen LogP contribution in [0.2, 0.25) is 5.02 Å². The number of imide groups is 2. The second kappa shape index (κ2) is 6.89. The molecule has 2 N–H and O–H groups in total. The largest absolute Gasteiger partial charge is 0.504 e. The van der Waals surface area contributed by atoms with Gasteiger partial charge in [-0.1, -0.05) is 23.7 Å². The standard InChI is InChI=1S/C18H13ClN2O5/c1-26-15-8-10(5-6-14(15)22)7-13-16(23)20-18(25)21(17(13)24)12-4-2-3-11(19)9-12/h2-9,22H,1H3,(H,20,23,25)/b13-7+. The number of carbonyl (C=O) groups excluding carboxylic acids is 3. The SMILES string of the molecule is COc1cc(/C=C2\C(=O)NC(=O)N(c3cccc(Cl)c3)C2=O)ccc1O. The number of anilines is 1. The van der Waals surface area contributed by atoms with Crippen LogP contribution in [0.25, 0.3) is 6.08 Å². The van der Waals surface area contributed by atoms with Crippen LogP contribution in [0.1, 0.15) is 5.56 Å². The fourth-order valence-electron chi connectivity index (χ4n) is 2.46. The van der Waals surface area contributed by atoms with Crippen LogP contribution in [0.3, 0.4) is 0 Å². The molecule has 0 radical (unpaired) electrons. The van der Waals surface area contributed by atoms with Crippen LogP contribution in [0, 0.1) is 0 Å². The summed E-state index contributed by atoms with van der Waals surface area (Å²) in [5.41, 5.74) is 0.442. The van der Waals surface area contributed by atoms with E-state index in [1.54, 1.807) is 12.1 Å². The highest BCUT2D eigenvalue weighted by atomic mass is 35.5. The van der Waals surface area contributed by atoms with Crippen LogP contribution in [-0.2, 0) is 9.59 Å². The van der Waals surface area contributed by atoms with Crippen LogP contribution >= 0.6 is 11.6 Å². The number of aromatic hydroxyl groups is 1. The third kappa shape index (κ3) is 3.25. The van der Waals surface area contributed by atoms with Gasteiger partial charge in [-0.2, -0.15) is 0 Å². The van der Waals surface area contributed by atoms with Gasteiger partial charge in [0.2, 0.25) is 0 Å². The van der Waals surface area contributed by atoms with E-state index >= 15 is 0 Å². The molecule has 1 heterocycles. The molecule has 7 nitrogen and oxygen atoms in total. The molecule has 2 aromatic rings. The Bertz CT molecular complexity index is 954. The molecule has 2 aromatic carbocycles. The van der Waals surface area contributed by atoms with Crippen LogP contribution in [0.15, 0.2) is 48.0 Å². The number of amides is 4. The van der Waals surface area contributed by atoms with Crippen molar-refractivity contribution in [3.63, 3.8) is 0 Å². The average molecular weight is 373 g/mol. The number of barbiturate groups is 1. The van der Waals surface area contributed by atoms with E-state index < -0.39 is 17.8 Å². The third-order valence-corrected chi connectivity index (χ3v) is 3.92. The van der Waals surface area contributed by atoms with Gasteiger partial charge in [-0.15, -0.1) is 0 Å². The van der Waals surface area contributed by atoms with E-state index in [1.807, 2.05) is 0 Å². The molecule has 0 aliphatic carbocycles. The van der Waals surface area contributed by atoms with Crippen molar-refractivity contribution < 1.29 is 24.2 Å². The number of nitrogens with one attached hydrogen (secondary N) is 1. The maximum Gasteiger partial charge on any atom is 0.335 e. The van der Waals surface area contributed by atoms with E-state index in [9.17, 15) is 19.5 Å². The molecule has 8 heteroatoms. The number of benzene rings is 2. The predicted molar refractivity (Wildman–Crippen MR) is 95.1 cm³/mol. The summed E-state index contributed by atoms with van der Waals surface area (Å²) in [6, 6.07) is 9.63. The highest BCUT2D eigenvalue weighted by molar-refractivity contribution is 6.39. The Morgan fingerprint density at radius 2 is 1.92 bits per heavy atom. The van der Waals surface area contributed by atoms with Gasteiger partial charge in [0.1, 0.15) is 5.57 Å². The molecule has 1 saturated heterocycles. The number of rotatable bonds is 3. The van der Waals surface area contributed by atoms with E-state index in [2.05, 4.69) is 5.32 Å². The second-order valence-corrected chi connectivity index (χ2v) is 5.81. The lowest BCUT2D eigenvalue weighted by Gasteiger charge is -2.26. The Kier molecular flexibility index (Phi) is 4.64. The Balaban J connectivity index is 2.03. The quantitative estimate of drug-likeness (QED) is 0.638. The Morgan fingerprint density at radius 3 is 2.62 bits per heavy atom. The van der Waals surface area contributed by atoms with Gasteiger partial charge in [-0.3, -0.25) is 14.9 Å². The number of nitrogens with zero attached hydrogens (tertiary/aromatic N) is 1. The number of halogens is 1. The topological polar surface area (TPSA) is 95.9 Å². The lowest BCUT2D eigenvalue weighted by atomic mass is 10.1. The van der Waals surface area contributed by atoms with Gasteiger partial charge in [0, 0.05) is 5.02 Å². The summed E-state index contributed by atoms with van der Waals surface area (Å²) < 4.78 is 5.01. The zero-order chi connectivity index (χ0) is 18.8. The summed E-state index contributed by atoms with van der Waals surface area (Å²) in [6.45, 7) is 0. The van der Waals surface area contributed by atoms with Crippen molar-refractivity contribution in [2.24, 2.45) is 0 Å². The number of methoxy groups -OCH3 is 1. The van der Waals surface area contributed by atoms with E-state index in [0.717, 1.165) is 4.90 Å². The summed E-state index contributed by atoms with van der Waals surface area (Å²) >= 11 is 5.91. The van der Waals surface area contributed by atoms with Gasteiger partial charge in [-0.05, 0) is 42.0 Å². The smallest absolute Gasteiger partial charge is 0.335 e. The van der Waals surface area contributed by atoms with Gasteiger partial charge in [-0.25, -0.2) is 9.69 Å². The zero-order valence-corrected chi connectivity index (χ0v) is 14.3. The summed E-state index contributed by atoms with van der Waals surface area (Å²) in [5, 5.41) is 12.1. The number of hydrogen-bond acceptors (Lipinski definition) is 5. The molecule has 1 fully saturated rings. The highest BCUT2D eigenvalue weighted by Crippen LogP contribution is 2.28. The minimum atomic E-state index is -0.859. The van der Waals surface area contributed by atoms with Crippen molar-refractivity contribution in [3.05, 3.63) is 58.6 Å². The van der Waals surface area contributed by atoms with Gasteiger partial charge >= 0.3 is 6.03 Å². The fraction of sp³-hybridized carbons (Fsp3) is 0.0556. The zero-order valence-electron chi connectivity index (χ0n) is 13.5. The molecule has 0 aromatic heterocycles. The monoisotopic (exact) mass is 372 g/mol. The van der Waals surface area contributed by atoms with Crippen LogP contribution in [0.5, 0.6) is 11.5 Å². The summed E-state index contributed by atoms with van der Waals surface area (Å²) in [6.07, 6.45) is 1.31. The van der Waals surface area contributed by atoms with Gasteiger partial charge in [0.15, 0.2) is 11.5 Å². The molecule has 0 atom stereocenters. The van der Waals surface area contributed by atoms with E-state index in [-0.39, 0.29) is 22.8 Å². The molecule has 0 bridgehead atoms. The Hall–Kier alpha value is -3.32. The van der Waals surface area contributed by atoms with Crippen LogP contribution < -0.4 is 15.0 Å². The molecule has 3 rings (SSSR count). The molecule has 1 aliphatic rings. The van der Waals surface area contributed by atoms with Gasteiger partial charge in [0.05, 0.1) is 12.8 Å². The summed E-state index contributed by atoms with van der Waals surface area (Å²) in [7, 11) is 1.38. The molecule has 1 aliphatic heterocycles. The number of hydrogen-bond donors (Lipinski definition) is 2. The second-order valence-electron chi connectivity index (χ2n) is 5.37. The predicted octanol–water partition coefficient (Wildman–Crippen LogP) is 2.72. The van der Waals surface area contributed by atoms with Gasteiger partial charge in [0.25, 0.3) is 11.8 Å². The molecule has 0 unspecified atom stereocenters. The number of phenols is 1. The average Bonchev–Trinajstić information content (AvgIpc) is 2.60. The highest BCUT2D eigenvalue weighted by Gasteiger charge is 2.36. The minimum Gasteiger partial charge on any atom is -0.504 e. The van der Waals surface area contributed by atoms with Crippen molar-refractivity contribution in [2.75, 3.05) is 12.0 Å². The van der Waals surface area contributed by atoms with Gasteiger partial charge < -0.3 is 9.84 Å². The lowest BCUT2D eigenvalue weighted by Crippen LogP contribution is -2.54. The normalized spacial score (nSPS) is 16.0. The number of ether oxygens (including phenoxy) is 1. The molecule has 0 spiro atoms. The molecule has 0 saturated carbocycles. The molecular formula is C18H13ClN2O5. The van der Waals surface area contributed by atoms with Crippen molar-refractivity contribution in [1.29, 1.82) is 0 Å². The first-order valence-corrected chi connectivity index (χ1v) is 7.82. The number of urea groups is 1. The first-order valence-electron chi connectivity index (χ1n) is 7.44. The third-order valence-electron chi connectivity index (χ3n) is 3.68. The van der Waals surface area contributed by atoms with Crippen LogP contribution in [-0.4, -0.2) is 30.1 Å². The maximum atomic E-state index is 12.7. The van der Waals surface area contributed by atoms with E-state index in [1.165, 1.54) is 43.5 Å². The first kappa shape index (κ1) is 17.5. The lowest BCUT2D eigenvalue weighted by molar-refractivity contribution is -0.122. The molecule has 132 valence electrons. The van der Waals surface area contributed by atoms with Crippen molar-refractivity contribution in [3.8, 4) is 11.5 Å². The van der Waals surface area contributed by atoms with E-state index in [0.29, 0.717) is 10.6 Å². The minimum absolute atomic E-state index is 0.0789. The number of carbonyl (C=O) groups is 3. The van der Waals surface area contributed by atoms with Crippen molar-refractivity contribution in [1.82, 2.24) is 5.32 Å². The Morgan fingerprint density at radius 1 is 1.15 bits per heavy atom. The molecule has 26 heavy (non-hydrogen) atoms. The first-order chi connectivity index (χ1) is 12.4. The van der Waals surface area contributed by atoms with Crippen molar-refractivity contribution in [2.45, 2.75) is 0 Å². The summed E-state index contributed by atoms with van der Waals surface area (Å²) in [4.78, 5) is 37.8. The maximum absolute atomic E-state index is 12.7. The molecular weight excluding hydrogens is 360 g/mol. The summed E-state index contributed by atoms with van der Waals surface area (Å²) in [5.74, 6) is -1.49. The number of phenolic OH excluding ortho intramolecular Hbond substituents is 1. The van der Waals surface area contributed by atoms with E-state index in [4.69, 9.17) is 16.3 Å². The Labute approximate surface area is 153 Å². The fourth-order valence-corrected chi connectivity index (χ4v) is 2.64. The van der Waals surface area contributed by atoms with Crippen LogP contribution in [0.4, 0.5) is 10.5 Å².